The van der Waals surface area contributed by atoms with Gasteiger partial charge < -0.3 is 19.5 Å². The molecule has 4 nitrogen and oxygen atoms in total. The van der Waals surface area contributed by atoms with Crippen molar-refractivity contribution in [2.45, 2.75) is 30.9 Å². The van der Waals surface area contributed by atoms with Gasteiger partial charge in [-0.3, -0.25) is 0 Å². The lowest BCUT2D eigenvalue weighted by atomic mass is 9.82. The lowest BCUT2D eigenvalue weighted by Crippen LogP contribution is -2.47. The van der Waals surface area contributed by atoms with Gasteiger partial charge in [-0.2, -0.15) is 0 Å². The lowest BCUT2D eigenvalue weighted by molar-refractivity contribution is -0.0642. The Morgan fingerprint density at radius 1 is 1.32 bits per heavy atom. The normalized spacial score (nSPS) is 24.6. The Labute approximate surface area is 114 Å². The van der Waals surface area contributed by atoms with Crippen LogP contribution in [0, 0.1) is 0 Å². The van der Waals surface area contributed by atoms with Crippen LogP contribution in [-0.2, 0) is 4.74 Å². The van der Waals surface area contributed by atoms with Gasteiger partial charge >= 0.3 is 0 Å². The van der Waals surface area contributed by atoms with Gasteiger partial charge in [-0.25, -0.2) is 0 Å². The minimum absolute atomic E-state index is 0.0781. The molecule has 0 saturated carbocycles. The number of ether oxygens (including phenoxy) is 3. The molecular weight excluding hydrogens is 242 g/mol. The maximum atomic E-state index is 6.33. The zero-order chi connectivity index (χ0) is 13.3. The molecular formula is C15H21NO3. The van der Waals surface area contributed by atoms with Gasteiger partial charge in [0.1, 0.15) is 17.1 Å². The molecule has 1 fully saturated rings. The number of benzene rings is 1. The highest BCUT2D eigenvalue weighted by Crippen LogP contribution is 2.44. The number of hydrogen-bond acceptors (Lipinski definition) is 4. The van der Waals surface area contributed by atoms with Crippen molar-refractivity contribution in [1.29, 1.82) is 0 Å². The molecule has 1 atom stereocenters. The maximum Gasteiger partial charge on any atom is 0.128 e. The Balaban J connectivity index is 1.95. The zero-order valence-electron chi connectivity index (χ0n) is 11.6. The van der Waals surface area contributed by atoms with Crippen molar-refractivity contribution in [1.82, 2.24) is 5.32 Å². The first-order valence-corrected chi connectivity index (χ1v) is 6.88. The van der Waals surface area contributed by atoms with E-state index in [9.17, 15) is 0 Å². The number of hydrogen-bond donors (Lipinski definition) is 1. The van der Waals surface area contributed by atoms with Crippen LogP contribution in [0.3, 0.4) is 0 Å². The van der Waals surface area contributed by atoms with Gasteiger partial charge in [-0.05, 0) is 13.1 Å². The van der Waals surface area contributed by atoms with Crippen molar-refractivity contribution < 1.29 is 14.2 Å². The summed E-state index contributed by atoms with van der Waals surface area (Å²) < 4.78 is 17.1. The van der Waals surface area contributed by atoms with Crippen LogP contribution < -0.4 is 14.8 Å². The first kappa shape index (κ1) is 12.8. The molecule has 104 valence electrons. The molecule has 3 rings (SSSR count). The van der Waals surface area contributed by atoms with Crippen molar-refractivity contribution in [3.63, 3.8) is 0 Å². The van der Waals surface area contributed by atoms with E-state index in [0.29, 0.717) is 6.04 Å². The third-order valence-corrected chi connectivity index (χ3v) is 4.25. The smallest absolute Gasteiger partial charge is 0.128 e. The minimum Gasteiger partial charge on any atom is -0.497 e. The standard InChI is InChI=1S/C15H21NO3/c1-16-13-10-15(5-7-18-8-6-15)19-14-9-11(17-2)3-4-12(13)14/h3-4,9,13,16H,5-8,10H2,1-2H3. The largest absolute Gasteiger partial charge is 0.497 e. The number of fused-ring (bicyclic) bond motifs is 1. The van der Waals surface area contributed by atoms with E-state index in [-0.39, 0.29) is 5.60 Å². The fourth-order valence-electron chi connectivity index (χ4n) is 3.08. The summed E-state index contributed by atoms with van der Waals surface area (Å²) in [7, 11) is 3.70. The molecule has 0 aromatic heterocycles. The Hall–Kier alpha value is -1.26. The molecule has 1 spiro atoms. The predicted octanol–water partition coefficient (Wildman–Crippen LogP) is 2.29. The van der Waals surface area contributed by atoms with Gasteiger partial charge in [0.15, 0.2) is 0 Å². The van der Waals surface area contributed by atoms with Crippen LogP contribution in [0.15, 0.2) is 18.2 Å². The molecule has 1 N–H and O–H groups in total. The molecule has 1 saturated heterocycles. The lowest BCUT2D eigenvalue weighted by Gasteiger charge is -2.44. The summed E-state index contributed by atoms with van der Waals surface area (Å²) in [5, 5.41) is 3.41. The summed E-state index contributed by atoms with van der Waals surface area (Å²) in [6.45, 7) is 1.57. The van der Waals surface area contributed by atoms with Crippen LogP contribution in [0.4, 0.5) is 0 Å². The SMILES string of the molecule is CNC1CC2(CCOCC2)Oc2cc(OC)ccc21. The summed E-state index contributed by atoms with van der Waals surface area (Å²) in [6.07, 6.45) is 2.93. The second-order valence-electron chi connectivity index (χ2n) is 5.35. The molecule has 4 heteroatoms. The molecule has 2 aliphatic heterocycles. The molecule has 0 aliphatic carbocycles. The third-order valence-electron chi connectivity index (χ3n) is 4.25. The van der Waals surface area contributed by atoms with Gasteiger partial charge in [0.25, 0.3) is 0 Å². The zero-order valence-corrected chi connectivity index (χ0v) is 11.6. The second-order valence-corrected chi connectivity index (χ2v) is 5.35. The Morgan fingerprint density at radius 3 is 2.79 bits per heavy atom. The van der Waals surface area contributed by atoms with E-state index in [1.54, 1.807) is 7.11 Å². The summed E-state index contributed by atoms with van der Waals surface area (Å²) >= 11 is 0. The fraction of sp³-hybridized carbons (Fsp3) is 0.600. The van der Waals surface area contributed by atoms with E-state index < -0.39 is 0 Å². The van der Waals surface area contributed by atoms with Gasteiger partial charge in [0, 0.05) is 36.9 Å². The first-order chi connectivity index (χ1) is 9.26. The number of rotatable bonds is 2. The van der Waals surface area contributed by atoms with Crippen LogP contribution in [0.1, 0.15) is 30.9 Å². The first-order valence-electron chi connectivity index (χ1n) is 6.88. The van der Waals surface area contributed by atoms with E-state index in [1.165, 1.54) is 5.56 Å². The summed E-state index contributed by atoms with van der Waals surface area (Å²) in [5.74, 6) is 1.80. The molecule has 0 bridgehead atoms. The highest BCUT2D eigenvalue weighted by molar-refractivity contribution is 5.44. The van der Waals surface area contributed by atoms with Gasteiger partial charge in [-0.1, -0.05) is 6.07 Å². The summed E-state index contributed by atoms with van der Waals surface area (Å²) in [5.41, 5.74) is 1.14. The number of methoxy groups -OCH3 is 1. The third kappa shape index (κ3) is 2.30. The average Bonchev–Trinajstić information content (AvgIpc) is 2.46. The Morgan fingerprint density at radius 2 is 2.11 bits per heavy atom. The summed E-state index contributed by atoms with van der Waals surface area (Å²) in [6, 6.07) is 6.43. The number of nitrogens with one attached hydrogen (secondary N) is 1. The molecule has 19 heavy (non-hydrogen) atoms. The molecule has 0 amide bonds. The van der Waals surface area contributed by atoms with E-state index in [1.807, 2.05) is 19.2 Å². The molecule has 2 aliphatic rings. The highest BCUT2D eigenvalue weighted by Gasteiger charge is 2.41. The van der Waals surface area contributed by atoms with Crippen LogP contribution in [-0.4, -0.2) is 33.0 Å². The molecule has 0 radical (unpaired) electrons. The molecule has 1 unspecified atom stereocenters. The Kier molecular flexibility index (Phi) is 3.37. The van der Waals surface area contributed by atoms with E-state index in [2.05, 4.69) is 11.4 Å². The monoisotopic (exact) mass is 263 g/mol. The van der Waals surface area contributed by atoms with Crippen LogP contribution >= 0.6 is 0 Å². The minimum atomic E-state index is -0.0781. The topological polar surface area (TPSA) is 39.7 Å². The van der Waals surface area contributed by atoms with Crippen LogP contribution in [0.5, 0.6) is 11.5 Å². The fourth-order valence-corrected chi connectivity index (χ4v) is 3.08. The molecule has 2 heterocycles. The van der Waals surface area contributed by atoms with Crippen molar-refractivity contribution >= 4 is 0 Å². The van der Waals surface area contributed by atoms with E-state index in [4.69, 9.17) is 14.2 Å². The molecule has 1 aromatic rings. The van der Waals surface area contributed by atoms with E-state index in [0.717, 1.165) is 44.0 Å². The van der Waals surface area contributed by atoms with Crippen molar-refractivity contribution in [3.8, 4) is 11.5 Å². The van der Waals surface area contributed by atoms with Crippen molar-refractivity contribution in [3.05, 3.63) is 23.8 Å². The Bertz CT molecular complexity index is 455. The predicted molar refractivity (Wildman–Crippen MR) is 72.8 cm³/mol. The summed E-state index contributed by atoms with van der Waals surface area (Å²) in [4.78, 5) is 0. The van der Waals surface area contributed by atoms with Crippen molar-refractivity contribution in [2.24, 2.45) is 0 Å². The maximum absolute atomic E-state index is 6.33. The van der Waals surface area contributed by atoms with Crippen LogP contribution in [0.25, 0.3) is 0 Å². The van der Waals surface area contributed by atoms with E-state index >= 15 is 0 Å². The van der Waals surface area contributed by atoms with Gasteiger partial charge in [0.2, 0.25) is 0 Å². The molecule has 1 aromatic carbocycles. The quantitative estimate of drug-likeness (QED) is 0.888. The average molecular weight is 263 g/mol. The van der Waals surface area contributed by atoms with Gasteiger partial charge in [-0.15, -0.1) is 0 Å². The highest BCUT2D eigenvalue weighted by atomic mass is 16.5. The van der Waals surface area contributed by atoms with Crippen LogP contribution in [0.2, 0.25) is 0 Å². The second kappa shape index (κ2) is 5.02. The van der Waals surface area contributed by atoms with Crippen molar-refractivity contribution in [2.75, 3.05) is 27.4 Å². The van der Waals surface area contributed by atoms with Gasteiger partial charge in [0.05, 0.1) is 20.3 Å².